The number of anilines is 1. The standard InChI is InChI=1S/C25H23N7O/c33-24-19-8-1-2-9-21(19)30-25(31-24)29-18-7-3-5-16(13-18)17-6-4-12-32(14-17)23-20-10-11-26-22(20)27-15-28-23/h1-3,5,7-11,13,15,17,19H,4,6,12,14H2,(H,26,27,28)(H,29,31,33). The lowest BCUT2D eigenvalue weighted by Crippen LogP contribution is -2.42. The van der Waals surface area contributed by atoms with E-state index in [4.69, 9.17) is 0 Å². The van der Waals surface area contributed by atoms with Gasteiger partial charge in [0.05, 0.1) is 22.7 Å². The fraction of sp³-hybridized carbons (Fsp3) is 0.240. The highest BCUT2D eigenvalue weighted by Gasteiger charge is 2.28. The molecular weight excluding hydrogens is 414 g/mol. The molecular formula is C25H23N7O. The maximum atomic E-state index is 12.4. The van der Waals surface area contributed by atoms with Crippen molar-refractivity contribution in [3.63, 3.8) is 0 Å². The molecule has 0 bridgehead atoms. The second kappa shape index (κ2) is 8.12. The van der Waals surface area contributed by atoms with E-state index < -0.39 is 0 Å². The van der Waals surface area contributed by atoms with Crippen molar-refractivity contribution in [3.8, 4) is 0 Å². The first-order valence-corrected chi connectivity index (χ1v) is 11.2. The van der Waals surface area contributed by atoms with Crippen molar-refractivity contribution < 1.29 is 4.79 Å². The van der Waals surface area contributed by atoms with Gasteiger partial charge in [-0.3, -0.25) is 10.1 Å². The third-order valence-corrected chi connectivity index (χ3v) is 6.38. The van der Waals surface area contributed by atoms with Gasteiger partial charge >= 0.3 is 0 Å². The summed E-state index contributed by atoms with van der Waals surface area (Å²) in [4.78, 5) is 36.0. The van der Waals surface area contributed by atoms with Crippen LogP contribution in [0.1, 0.15) is 24.3 Å². The summed E-state index contributed by atoms with van der Waals surface area (Å²) in [6.07, 6.45) is 13.2. The van der Waals surface area contributed by atoms with Crippen LogP contribution in [0.4, 0.5) is 11.5 Å². The summed E-state index contributed by atoms with van der Waals surface area (Å²) >= 11 is 0. The van der Waals surface area contributed by atoms with Crippen LogP contribution in [0.5, 0.6) is 0 Å². The Hall–Kier alpha value is -4.07. The maximum Gasteiger partial charge on any atom is 0.239 e. The third kappa shape index (κ3) is 3.73. The number of nitrogens with one attached hydrogen (secondary N) is 2. The van der Waals surface area contributed by atoms with Crippen LogP contribution < -0.4 is 10.2 Å². The number of nitrogens with zero attached hydrogens (tertiary/aromatic N) is 5. The monoisotopic (exact) mass is 437 g/mol. The molecule has 3 aliphatic rings. The Balaban J connectivity index is 1.25. The number of hydrogen-bond donors (Lipinski definition) is 2. The number of amides is 1. The summed E-state index contributed by atoms with van der Waals surface area (Å²) in [7, 11) is 0. The second-order valence-corrected chi connectivity index (χ2v) is 8.50. The molecule has 8 heteroatoms. The number of H-pyrrole nitrogens is 1. The molecule has 2 unspecified atom stereocenters. The predicted octanol–water partition coefficient (Wildman–Crippen LogP) is 3.64. The lowest BCUT2D eigenvalue weighted by molar-refractivity contribution is -0.120. The number of allylic oxidation sites excluding steroid dienone is 3. The highest BCUT2D eigenvalue weighted by molar-refractivity contribution is 6.22. The summed E-state index contributed by atoms with van der Waals surface area (Å²) in [5.74, 6) is 1.25. The molecule has 1 aromatic carbocycles. The van der Waals surface area contributed by atoms with Gasteiger partial charge in [0.25, 0.3) is 0 Å². The van der Waals surface area contributed by atoms with Crippen LogP contribution in [0.15, 0.2) is 77.1 Å². The first-order valence-electron chi connectivity index (χ1n) is 11.2. The summed E-state index contributed by atoms with van der Waals surface area (Å²) in [6, 6.07) is 10.3. The number of aliphatic imine (C=N–C) groups is 2. The fourth-order valence-electron chi connectivity index (χ4n) is 4.77. The van der Waals surface area contributed by atoms with Gasteiger partial charge in [0.2, 0.25) is 11.9 Å². The Kier molecular flexibility index (Phi) is 4.83. The molecule has 8 nitrogen and oxygen atoms in total. The van der Waals surface area contributed by atoms with Crippen LogP contribution >= 0.6 is 0 Å². The zero-order valence-electron chi connectivity index (χ0n) is 18.0. The van der Waals surface area contributed by atoms with E-state index >= 15 is 0 Å². The summed E-state index contributed by atoms with van der Waals surface area (Å²) < 4.78 is 0. The number of aromatic amines is 1. The first kappa shape index (κ1) is 19.6. The molecule has 4 heterocycles. The molecule has 0 saturated carbocycles. The molecule has 1 amide bonds. The van der Waals surface area contributed by atoms with E-state index in [1.165, 1.54) is 5.56 Å². The summed E-state index contributed by atoms with van der Waals surface area (Å²) in [6.45, 7) is 1.86. The Morgan fingerprint density at radius 2 is 2.12 bits per heavy atom. The van der Waals surface area contributed by atoms with Crippen molar-refractivity contribution in [2.24, 2.45) is 15.9 Å². The minimum Gasteiger partial charge on any atom is -0.355 e. The average Bonchev–Trinajstić information content (AvgIpc) is 3.34. The lowest BCUT2D eigenvalue weighted by atomic mass is 9.90. The highest BCUT2D eigenvalue weighted by Crippen LogP contribution is 2.33. The third-order valence-electron chi connectivity index (χ3n) is 6.38. The van der Waals surface area contributed by atoms with Crippen LogP contribution in [0.2, 0.25) is 0 Å². The molecule has 1 saturated heterocycles. The normalized spacial score (nSPS) is 23.5. The van der Waals surface area contributed by atoms with E-state index in [2.05, 4.69) is 47.3 Å². The van der Waals surface area contributed by atoms with Crippen LogP contribution in [-0.2, 0) is 4.79 Å². The van der Waals surface area contributed by atoms with Gasteiger partial charge in [0, 0.05) is 25.2 Å². The van der Waals surface area contributed by atoms with Crippen molar-refractivity contribution in [3.05, 3.63) is 72.7 Å². The molecule has 33 heavy (non-hydrogen) atoms. The highest BCUT2D eigenvalue weighted by atomic mass is 16.2. The van der Waals surface area contributed by atoms with Crippen LogP contribution in [-0.4, -0.2) is 45.6 Å². The van der Waals surface area contributed by atoms with E-state index in [1.54, 1.807) is 6.33 Å². The van der Waals surface area contributed by atoms with Crippen molar-refractivity contribution in [1.82, 2.24) is 20.3 Å². The number of fused-ring (bicyclic) bond motifs is 2. The lowest BCUT2D eigenvalue weighted by Gasteiger charge is -2.34. The number of carbonyl (C=O) groups excluding carboxylic acids is 1. The molecule has 6 rings (SSSR count). The zero-order valence-corrected chi connectivity index (χ0v) is 18.0. The van der Waals surface area contributed by atoms with Gasteiger partial charge in [-0.2, -0.15) is 0 Å². The SMILES string of the molecule is O=C1NC(=Nc2cccc(C3CCCN(c4ncnc5[nH]ccc45)C3)c2)N=C2C=CC=CC12. The van der Waals surface area contributed by atoms with Crippen molar-refractivity contribution >= 4 is 40.1 Å². The maximum absolute atomic E-state index is 12.4. The van der Waals surface area contributed by atoms with Gasteiger partial charge in [-0.25, -0.2) is 20.0 Å². The largest absolute Gasteiger partial charge is 0.355 e. The number of guanidine groups is 1. The van der Waals surface area contributed by atoms with Gasteiger partial charge in [-0.05, 0) is 42.7 Å². The van der Waals surface area contributed by atoms with Gasteiger partial charge in [-0.1, -0.05) is 30.4 Å². The Morgan fingerprint density at radius 1 is 1.15 bits per heavy atom. The van der Waals surface area contributed by atoms with E-state index in [1.807, 2.05) is 48.7 Å². The smallest absolute Gasteiger partial charge is 0.239 e. The van der Waals surface area contributed by atoms with E-state index in [0.717, 1.165) is 54.2 Å². The number of hydrogen-bond acceptors (Lipinski definition) is 5. The van der Waals surface area contributed by atoms with Gasteiger partial charge < -0.3 is 9.88 Å². The Morgan fingerprint density at radius 3 is 3.09 bits per heavy atom. The molecule has 1 fully saturated rings. The summed E-state index contributed by atoms with van der Waals surface area (Å²) in [5, 5.41) is 3.87. The predicted molar refractivity (Wildman–Crippen MR) is 129 cm³/mol. The molecule has 2 N–H and O–H groups in total. The Labute approximate surface area is 190 Å². The number of rotatable bonds is 3. The fourth-order valence-corrected chi connectivity index (χ4v) is 4.77. The molecule has 0 spiro atoms. The van der Waals surface area contributed by atoms with Gasteiger partial charge in [0.1, 0.15) is 17.8 Å². The molecule has 2 aliphatic heterocycles. The molecule has 0 radical (unpaired) electrons. The molecule has 2 aromatic heterocycles. The van der Waals surface area contributed by atoms with Gasteiger partial charge in [-0.15, -0.1) is 0 Å². The summed E-state index contributed by atoms with van der Waals surface area (Å²) in [5.41, 5.74) is 3.60. The van der Waals surface area contributed by atoms with Crippen LogP contribution in [0.25, 0.3) is 11.0 Å². The van der Waals surface area contributed by atoms with E-state index in [9.17, 15) is 4.79 Å². The number of carbonyl (C=O) groups is 1. The molecule has 164 valence electrons. The topological polar surface area (TPSA) is 98.6 Å². The number of benzene rings is 1. The van der Waals surface area contributed by atoms with Crippen LogP contribution in [0.3, 0.4) is 0 Å². The quantitative estimate of drug-likeness (QED) is 0.654. The van der Waals surface area contributed by atoms with Crippen LogP contribution in [0, 0.1) is 5.92 Å². The molecule has 1 aliphatic carbocycles. The number of piperidine rings is 1. The molecule has 2 atom stereocenters. The van der Waals surface area contributed by atoms with Crippen molar-refractivity contribution in [2.45, 2.75) is 18.8 Å². The van der Waals surface area contributed by atoms with E-state index in [0.29, 0.717) is 11.9 Å². The molecule has 3 aromatic rings. The minimum absolute atomic E-state index is 0.0978. The van der Waals surface area contributed by atoms with E-state index in [-0.39, 0.29) is 11.8 Å². The van der Waals surface area contributed by atoms with Gasteiger partial charge in [0.15, 0.2) is 0 Å². The van der Waals surface area contributed by atoms with Crippen molar-refractivity contribution in [1.29, 1.82) is 0 Å². The average molecular weight is 438 g/mol. The number of aromatic nitrogens is 3. The minimum atomic E-state index is -0.332. The second-order valence-electron chi connectivity index (χ2n) is 8.50. The zero-order chi connectivity index (χ0) is 22.2. The Bertz CT molecular complexity index is 1350. The van der Waals surface area contributed by atoms with Crippen molar-refractivity contribution in [2.75, 3.05) is 18.0 Å². The first-order chi connectivity index (χ1) is 16.2.